The van der Waals surface area contributed by atoms with Gasteiger partial charge >= 0.3 is 0 Å². The quantitative estimate of drug-likeness (QED) is 0.561. The highest BCUT2D eigenvalue weighted by molar-refractivity contribution is 6.05. The van der Waals surface area contributed by atoms with Crippen LogP contribution in [-0.2, 0) is 6.61 Å². The SMILES string of the molecule is O=C(Nc1cccnc1-n1cncn1)c1ccc(OCc2ccccc2)cc1. The second-order valence-corrected chi connectivity index (χ2v) is 5.97. The largest absolute Gasteiger partial charge is 0.489 e. The van der Waals surface area contributed by atoms with Gasteiger partial charge in [0.15, 0.2) is 5.82 Å². The van der Waals surface area contributed by atoms with Crippen LogP contribution in [0.3, 0.4) is 0 Å². The number of carbonyl (C=O) groups excluding carboxylic acids is 1. The summed E-state index contributed by atoms with van der Waals surface area (Å²) < 4.78 is 7.25. The Balaban J connectivity index is 1.43. The summed E-state index contributed by atoms with van der Waals surface area (Å²) in [6.45, 7) is 0.476. The van der Waals surface area contributed by atoms with Crippen LogP contribution in [0.15, 0.2) is 85.6 Å². The van der Waals surface area contributed by atoms with E-state index < -0.39 is 0 Å². The van der Waals surface area contributed by atoms with E-state index in [0.717, 1.165) is 5.56 Å². The van der Waals surface area contributed by atoms with Crippen molar-refractivity contribution in [2.75, 3.05) is 5.32 Å². The first-order valence-electron chi connectivity index (χ1n) is 8.68. The van der Waals surface area contributed by atoms with Crippen molar-refractivity contribution in [2.24, 2.45) is 0 Å². The van der Waals surface area contributed by atoms with E-state index in [4.69, 9.17) is 4.74 Å². The van der Waals surface area contributed by atoms with Crippen LogP contribution >= 0.6 is 0 Å². The third kappa shape index (κ3) is 4.04. The van der Waals surface area contributed by atoms with Gasteiger partial charge in [0, 0.05) is 11.8 Å². The number of ether oxygens (including phenoxy) is 1. The summed E-state index contributed by atoms with van der Waals surface area (Å²) in [5.41, 5.74) is 2.14. The van der Waals surface area contributed by atoms with Crippen molar-refractivity contribution in [3.05, 3.63) is 96.7 Å². The fourth-order valence-corrected chi connectivity index (χ4v) is 2.63. The van der Waals surface area contributed by atoms with Gasteiger partial charge in [0.25, 0.3) is 5.91 Å². The van der Waals surface area contributed by atoms with Gasteiger partial charge in [-0.15, -0.1) is 0 Å². The molecule has 138 valence electrons. The molecule has 0 fully saturated rings. The molecule has 7 heteroatoms. The molecule has 0 radical (unpaired) electrons. The summed E-state index contributed by atoms with van der Waals surface area (Å²) in [5, 5.41) is 6.92. The maximum atomic E-state index is 12.6. The van der Waals surface area contributed by atoms with E-state index in [0.29, 0.717) is 29.4 Å². The third-order valence-electron chi connectivity index (χ3n) is 4.04. The molecule has 0 spiro atoms. The van der Waals surface area contributed by atoms with Gasteiger partial charge in [0.05, 0.1) is 5.69 Å². The Morgan fingerprint density at radius 2 is 1.82 bits per heavy atom. The number of aromatic nitrogens is 4. The van der Waals surface area contributed by atoms with Crippen LogP contribution in [0.4, 0.5) is 5.69 Å². The van der Waals surface area contributed by atoms with Gasteiger partial charge < -0.3 is 10.1 Å². The summed E-state index contributed by atoms with van der Waals surface area (Å²) in [7, 11) is 0. The average molecular weight is 371 g/mol. The topological polar surface area (TPSA) is 81.9 Å². The van der Waals surface area contributed by atoms with Gasteiger partial charge in [-0.1, -0.05) is 30.3 Å². The molecule has 0 bridgehead atoms. The highest BCUT2D eigenvalue weighted by Crippen LogP contribution is 2.19. The minimum Gasteiger partial charge on any atom is -0.489 e. The molecule has 0 atom stereocenters. The molecule has 0 saturated carbocycles. The molecule has 2 aromatic heterocycles. The second kappa shape index (κ2) is 8.13. The number of carbonyl (C=O) groups is 1. The molecular formula is C21H17N5O2. The van der Waals surface area contributed by atoms with Crippen molar-refractivity contribution in [2.45, 2.75) is 6.61 Å². The summed E-state index contributed by atoms with van der Waals surface area (Å²) in [4.78, 5) is 20.8. The lowest BCUT2D eigenvalue weighted by Gasteiger charge is -2.10. The van der Waals surface area contributed by atoms with E-state index in [1.54, 1.807) is 42.6 Å². The Bertz CT molecular complexity index is 1050. The van der Waals surface area contributed by atoms with Crippen LogP contribution < -0.4 is 10.1 Å². The number of hydrogen-bond acceptors (Lipinski definition) is 5. The van der Waals surface area contributed by atoms with Crippen LogP contribution in [0.1, 0.15) is 15.9 Å². The maximum Gasteiger partial charge on any atom is 0.255 e. The molecule has 2 aromatic carbocycles. The Kier molecular flexibility index (Phi) is 5.06. The van der Waals surface area contributed by atoms with Crippen molar-refractivity contribution >= 4 is 11.6 Å². The van der Waals surface area contributed by atoms with Crippen LogP contribution in [0.2, 0.25) is 0 Å². The summed E-state index contributed by atoms with van der Waals surface area (Å²) in [6, 6.07) is 20.4. The summed E-state index contributed by atoms with van der Waals surface area (Å²) in [6.07, 6.45) is 4.57. The van der Waals surface area contributed by atoms with Gasteiger partial charge in [-0.05, 0) is 42.0 Å². The van der Waals surface area contributed by atoms with E-state index >= 15 is 0 Å². The highest BCUT2D eigenvalue weighted by Gasteiger charge is 2.12. The number of nitrogens with zero attached hydrogens (tertiary/aromatic N) is 4. The normalized spacial score (nSPS) is 10.4. The molecule has 1 amide bonds. The molecule has 7 nitrogen and oxygen atoms in total. The van der Waals surface area contributed by atoms with E-state index in [1.165, 1.54) is 17.3 Å². The first kappa shape index (κ1) is 17.4. The third-order valence-corrected chi connectivity index (χ3v) is 4.04. The van der Waals surface area contributed by atoms with Gasteiger partial charge in [0.2, 0.25) is 0 Å². The number of benzene rings is 2. The molecule has 0 aliphatic rings. The van der Waals surface area contributed by atoms with E-state index in [9.17, 15) is 4.79 Å². The number of pyridine rings is 1. The average Bonchev–Trinajstić information content (AvgIpc) is 3.28. The van der Waals surface area contributed by atoms with Crippen LogP contribution in [-0.4, -0.2) is 25.7 Å². The lowest BCUT2D eigenvalue weighted by Crippen LogP contribution is -2.14. The number of rotatable bonds is 6. The number of nitrogens with one attached hydrogen (secondary N) is 1. The van der Waals surface area contributed by atoms with Crippen LogP contribution in [0.5, 0.6) is 5.75 Å². The van der Waals surface area contributed by atoms with Crippen LogP contribution in [0.25, 0.3) is 5.82 Å². The van der Waals surface area contributed by atoms with Crippen LogP contribution in [0, 0.1) is 0 Å². The van der Waals surface area contributed by atoms with Crippen molar-refractivity contribution < 1.29 is 9.53 Å². The fourth-order valence-electron chi connectivity index (χ4n) is 2.63. The number of anilines is 1. The number of amides is 1. The molecule has 1 N–H and O–H groups in total. The Hall–Kier alpha value is -4.00. The lowest BCUT2D eigenvalue weighted by atomic mass is 10.2. The lowest BCUT2D eigenvalue weighted by molar-refractivity contribution is 0.102. The minimum absolute atomic E-state index is 0.246. The fraction of sp³-hybridized carbons (Fsp3) is 0.0476. The van der Waals surface area contributed by atoms with Crippen molar-refractivity contribution in [1.29, 1.82) is 0 Å². The number of hydrogen-bond donors (Lipinski definition) is 1. The van der Waals surface area contributed by atoms with Crippen molar-refractivity contribution in [3.63, 3.8) is 0 Å². The molecule has 2 heterocycles. The van der Waals surface area contributed by atoms with Gasteiger partial charge in [-0.25, -0.2) is 14.6 Å². The van der Waals surface area contributed by atoms with Gasteiger partial charge in [0.1, 0.15) is 25.0 Å². The first-order chi connectivity index (χ1) is 13.8. The molecule has 0 aliphatic heterocycles. The Morgan fingerprint density at radius 1 is 1.00 bits per heavy atom. The zero-order valence-electron chi connectivity index (χ0n) is 14.9. The Labute approximate surface area is 161 Å². The molecule has 0 saturated heterocycles. The van der Waals surface area contributed by atoms with Gasteiger partial charge in [-0.3, -0.25) is 4.79 Å². The zero-order chi connectivity index (χ0) is 19.2. The minimum atomic E-state index is -0.246. The predicted molar refractivity (Wildman–Crippen MR) is 104 cm³/mol. The predicted octanol–water partition coefficient (Wildman–Crippen LogP) is 3.49. The van der Waals surface area contributed by atoms with E-state index in [-0.39, 0.29) is 5.91 Å². The zero-order valence-corrected chi connectivity index (χ0v) is 14.9. The molecule has 4 aromatic rings. The van der Waals surface area contributed by atoms with Crippen molar-refractivity contribution in [3.8, 4) is 11.6 Å². The second-order valence-electron chi connectivity index (χ2n) is 5.97. The molecule has 0 aliphatic carbocycles. The molecule has 4 rings (SSSR count). The molecule has 28 heavy (non-hydrogen) atoms. The smallest absolute Gasteiger partial charge is 0.255 e. The van der Waals surface area contributed by atoms with E-state index in [1.807, 2.05) is 30.3 Å². The molecule has 0 unspecified atom stereocenters. The first-order valence-corrected chi connectivity index (χ1v) is 8.68. The van der Waals surface area contributed by atoms with Gasteiger partial charge in [-0.2, -0.15) is 5.10 Å². The highest BCUT2D eigenvalue weighted by atomic mass is 16.5. The standard InChI is InChI=1S/C21H17N5O2/c27-21(25-19-7-4-12-23-20(19)26-15-22-14-24-26)17-8-10-18(11-9-17)28-13-16-5-2-1-3-6-16/h1-12,14-15H,13H2,(H,25,27). The Morgan fingerprint density at radius 3 is 2.57 bits per heavy atom. The molecular weight excluding hydrogens is 354 g/mol. The maximum absolute atomic E-state index is 12.6. The van der Waals surface area contributed by atoms with Crippen molar-refractivity contribution in [1.82, 2.24) is 19.7 Å². The summed E-state index contributed by atoms with van der Waals surface area (Å²) >= 11 is 0. The van der Waals surface area contributed by atoms with E-state index in [2.05, 4.69) is 20.4 Å². The monoisotopic (exact) mass is 371 g/mol. The summed E-state index contributed by atoms with van der Waals surface area (Å²) in [5.74, 6) is 0.949.